The number of likely N-dealkylation sites (tertiary alicyclic amines) is 1. The van der Waals surface area contributed by atoms with Crippen LogP contribution in [-0.4, -0.2) is 42.5 Å². The zero-order valence-electron chi connectivity index (χ0n) is 19.1. The van der Waals surface area contributed by atoms with E-state index in [0.29, 0.717) is 11.1 Å². The van der Waals surface area contributed by atoms with Crippen LogP contribution in [0.4, 0.5) is 4.79 Å². The number of nitrogens with zero attached hydrogens (tertiary/aromatic N) is 2. The molecule has 1 N–H and O–H groups in total. The summed E-state index contributed by atoms with van der Waals surface area (Å²) in [5.74, 6) is 0. The molecule has 6 nitrogen and oxygen atoms in total. The maximum absolute atomic E-state index is 12.0. The predicted octanol–water partition coefficient (Wildman–Crippen LogP) is 4.81. The van der Waals surface area contributed by atoms with E-state index < -0.39 is 11.7 Å². The van der Waals surface area contributed by atoms with Gasteiger partial charge in [0, 0.05) is 0 Å². The molecule has 2 fully saturated rings. The van der Waals surface area contributed by atoms with Crippen LogP contribution in [0.25, 0.3) is 0 Å². The molecule has 1 aliphatic carbocycles. The molecule has 1 spiro atoms. The Kier molecular flexibility index (Phi) is 12.6. The minimum atomic E-state index is -0.570. The van der Waals surface area contributed by atoms with Crippen LogP contribution in [-0.2, 0) is 9.39 Å². The van der Waals surface area contributed by atoms with Gasteiger partial charge in [-0.1, -0.05) is 27.7 Å². The van der Waals surface area contributed by atoms with Crippen molar-refractivity contribution in [2.24, 2.45) is 5.41 Å². The van der Waals surface area contributed by atoms with Gasteiger partial charge in [-0.15, -0.1) is 0 Å². The first-order valence-corrected chi connectivity index (χ1v) is 10.8. The molecule has 0 radical (unpaired) electrons. The molecule has 0 bridgehead atoms. The molecule has 0 aromatic heterocycles. The topological polar surface area (TPSA) is 74.6 Å². The molecule has 160 valence electrons. The molecule has 0 unspecified atom stereocenters. The molecule has 1 amide bonds. The number of ether oxygens (including phenoxy) is 1. The zero-order chi connectivity index (χ0) is 21.6. The molecule has 28 heavy (non-hydrogen) atoms. The number of hydrogen-bond donors (Lipinski definition) is 1. The molecule has 1 saturated carbocycles. The normalized spacial score (nSPS) is 18.2. The summed E-state index contributed by atoms with van der Waals surface area (Å²) in [6.07, 6.45) is 9.96. The first-order chi connectivity index (χ1) is 13.3. The fourth-order valence-electron chi connectivity index (χ4n) is 3.70. The van der Waals surface area contributed by atoms with Crippen LogP contribution in [0.15, 0.2) is 0 Å². The average Bonchev–Trinajstić information content (AvgIpc) is 2.68. The van der Waals surface area contributed by atoms with Crippen molar-refractivity contribution in [3.05, 3.63) is 0 Å². The van der Waals surface area contributed by atoms with Crippen LogP contribution in [0, 0.1) is 16.9 Å². The van der Waals surface area contributed by atoms with Gasteiger partial charge in [-0.25, -0.2) is 0 Å². The number of nitrogens with one attached hydrogen (secondary N) is 1. The van der Waals surface area contributed by atoms with Gasteiger partial charge >= 0.3 is 145 Å². The van der Waals surface area contributed by atoms with Gasteiger partial charge < -0.3 is 0 Å². The van der Waals surface area contributed by atoms with E-state index in [9.17, 15) is 4.79 Å². The molecular formula is C21H40BN3O3. The van der Waals surface area contributed by atoms with Gasteiger partial charge in [0.15, 0.2) is 0 Å². The number of carbonyl (C=O) groups is 1. The quantitative estimate of drug-likeness (QED) is 0.550. The fourth-order valence-corrected chi connectivity index (χ4v) is 3.70. The third kappa shape index (κ3) is 9.48. The summed E-state index contributed by atoms with van der Waals surface area (Å²) in [4.78, 5) is 14.1. The minimum absolute atomic E-state index is 0.474. The van der Waals surface area contributed by atoms with Gasteiger partial charge in [-0.3, -0.25) is 0 Å². The van der Waals surface area contributed by atoms with E-state index in [1.807, 2.05) is 48.5 Å². The summed E-state index contributed by atoms with van der Waals surface area (Å²) in [6, 6.07) is 0. The van der Waals surface area contributed by atoms with Crippen molar-refractivity contribution in [2.45, 2.75) is 99.0 Å². The van der Waals surface area contributed by atoms with Crippen LogP contribution in [0.2, 0.25) is 0 Å². The van der Waals surface area contributed by atoms with Crippen molar-refractivity contribution in [1.29, 1.82) is 5.26 Å². The maximum atomic E-state index is 12.0. The molecular weight excluding hydrogens is 353 g/mol. The van der Waals surface area contributed by atoms with Crippen LogP contribution >= 0.6 is 0 Å². The van der Waals surface area contributed by atoms with Crippen LogP contribution in [0.5, 0.6) is 0 Å². The van der Waals surface area contributed by atoms with Gasteiger partial charge in [0.2, 0.25) is 0 Å². The van der Waals surface area contributed by atoms with Gasteiger partial charge in [-0.2, -0.15) is 0 Å². The fraction of sp³-hybridized carbons (Fsp3) is 0.857. The van der Waals surface area contributed by atoms with Crippen molar-refractivity contribution in [1.82, 2.24) is 10.2 Å². The number of alkyl carbamates (subject to hydrolysis) is 1. The number of carbonyl (C=O) groups excluding carboxylic acids is 1. The molecule has 0 aromatic rings. The van der Waals surface area contributed by atoms with Gasteiger partial charge in [0.05, 0.1) is 0 Å². The van der Waals surface area contributed by atoms with Crippen molar-refractivity contribution < 1.29 is 14.2 Å². The predicted molar refractivity (Wildman–Crippen MR) is 116 cm³/mol. The second-order valence-electron chi connectivity index (χ2n) is 7.89. The molecule has 0 aromatic carbocycles. The molecule has 1 aliphatic heterocycles. The van der Waals surface area contributed by atoms with Crippen molar-refractivity contribution in [3.8, 4) is 6.26 Å². The Morgan fingerprint density at radius 3 is 2.04 bits per heavy atom. The average molecular weight is 393 g/mol. The molecule has 2 aliphatic rings. The van der Waals surface area contributed by atoms with E-state index in [1.54, 1.807) is 6.26 Å². The number of hydrogen-bond acceptors (Lipinski definition) is 5. The van der Waals surface area contributed by atoms with Crippen LogP contribution in [0.1, 0.15) is 93.4 Å². The van der Waals surface area contributed by atoms with E-state index in [1.165, 1.54) is 39.2 Å². The van der Waals surface area contributed by atoms with Gasteiger partial charge in [0.25, 0.3) is 0 Å². The Morgan fingerprint density at radius 2 is 1.57 bits per heavy atom. The van der Waals surface area contributed by atoms with Gasteiger partial charge in [-0.05, 0) is 0 Å². The van der Waals surface area contributed by atoms with Crippen molar-refractivity contribution in [3.63, 3.8) is 0 Å². The summed E-state index contributed by atoms with van der Waals surface area (Å²) in [5, 5.41) is 11.4. The molecule has 1 heterocycles. The van der Waals surface area contributed by atoms with E-state index in [2.05, 4.69) is 10.2 Å². The van der Waals surface area contributed by atoms with Gasteiger partial charge in [0.1, 0.15) is 0 Å². The second kappa shape index (κ2) is 13.5. The Hall–Kier alpha value is -1.71. The van der Waals surface area contributed by atoms with E-state index >= 15 is 0 Å². The van der Waals surface area contributed by atoms with Crippen LogP contribution in [0.3, 0.4) is 0 Å². The van der Waals surface area contributed by atoms with Crippen molar-refractivity contribution in [2.75, 3.05) is 13.1 Å². The standard InChI is InChI=1S/C17H28BN3O3.2C2H6/c1-16(2,3)24-15(22)20-14(18-23-13-19)21-11-9-17(10-12-21)7-5-4-6-8-17;2*1-2/h4-12H2,1-3H3,(H,20,22);2*1-2H3. The Balaban J connectivity index is 0.00000171. The molecule has 2 rings (SSSR count). The van der Waals surface area contributed by atoms with Crippen molar-refractivity contribution >= 4 is 18.9 Å². The molecule has 1 saturated heterocycles. The molecule has 7 heteroatoms. The van der Waals surface area contributed by atoms with Crippen LogP contribution < -0.4 is 5.32 Å². The number of amides is 1. The Labute approximate surface area is 172 Å². The Bertz CT molecular complexity index is 508. The SMILES string of the molecule is CC.CC.CC(C)(C)OC(=O)NC(=BOC#N)N1CCC2(CCCCC2)CC1. The first kappa shape index (κ1) is 26.3. The van der Waals surface area contributed by atoms with E-state index in [4.69, 9.17) is 14.7 Å². The zero-order valence-corrected chi connectivity index (χ0v) is 19.1. The van der Waals surface area contributed by atoms with E-state index in [0.717, 1.165) is 25.9 Å². The first-order valence-electron chi connectivity index (χ1n) is 10.8. The molecule has 0 atom stereocenters. The number of piperidine rings is 1. The monoisotopic (exact) mass is 393 g/mol. The van der Waals surface area contributed by atoms with E-state index in [-0.39, 0.29) is 0 Å². The summed E-state index contributed by atoms with van der Waals surface area (Å²) >= 11 is 0. The number of nitriles is 1. The summed E-state index contributed by atoms with van der Waals surface area (Å²) < 4.78 is 10.0. The summed E-state index contributed by atoms with van der Waals surface area (Å²) in [7, 11) is 1.29. The number of rotatable bonds is 3. The Morgan fingerprint density at radius 1 is 1.04 bits per heavy atom. The second-order valence-corrected chi connectivity index (χ2v) is 7.89. The summed E-state index contributed by atoms with van der Waals surface area (Å²) in [5.41, 5.74) is 0.401. The third-order valence-corrected chi connectivity index (χ3v) is 4.93. The third-order valence-electron chi connectivity index (χ3n) is 4.93. The summed E-state index contributed by atoms with van der Waals surface area (Å²) in [6.45, 7) is 15.2.